The number of benzene rings is 1. The molecule has 230 valence electrons. The Hall–Kier alpha value is -3.93. The zero-order chi connectivity index (χ0) is 30.4. The molecule has 6 rings (SSSR count). The minimum Gasteiger partial charge on any atom is -0.478 e. The quantitative estimate of drug-likeness (QED) is 0.401. The van der Waals surface area contributed by atoms with E-state index in [-0.39, 0.29) is 23.3 Å². The minimum absolute atomic E-state index is 0.0422. The van der Waals surface area contributed by atoms with Gasteiger partial charge in [-0.15, -0.1) is 5.10 Å². The van der Waals surface area contributed by atoms with Crippen molar-refractivity contribution in [1.82, 2.24) is 25.1 Å². The number of ether oxygens (including phenoxy) is 2. The van der Waals surface area contributed by atoms with Gasteiger partial charge in [-0.3, -0.25) is 0 Å². The first-order valence-corrected chi connectivity index (χ1v) is 15.2. The summed E-state index contributed by atoms with van der Waals surface area (Å²) < 4.78 is 13.4. The van der Waals surface area contributed by atoms with Crippen molar-refractivity contribution in [3.05, 3.63) is 35.5 Å². The van der Waals surface area contributed by atoms with Gasteiger partial charge in [0.1, 0.15) is 11.4 Å². The molecule has 0 aliphatic carbocycles. The van der Waals surface area contributed by atoms with Crippen molar-refractivity contribution in [3.8, 4) is 0 Å². The molecule has 2 fully saturated rings. The maximum Gasteiger partial charge on any atom is 0.407 e. The summed E-state index contributed by atoms with van der Waals surface area (Å²) in [4.78, 5) is 38.1. The molecule has 0 bridgehead atoms. The number of carboxylic acids is 1. The lowest BCUT2D eigenvalue weighted by molar-refractivity contribution is -0.0368. The molecular formula is C31H41N7O5. The van der Waals surface area contributed by atoms with Crippen molar-refractivity contribution >= 4 is 40.5 Å². The zero-order valence-corrected chi connectivity index (χ0v) is 25.4. The molecule has 3 aliphatic heterocycles. The van der Waals surface area contributed by atoms with Crippen LogP contribution < -0.4 is 15.1 Å². The van der Waals surface area contributed by atoms with E-state index in [0.29, 0.717) is 36.7 Å². The number of carbonyl (C=O) groups excluding carboxylic acids is 1. The molecule has 1 unspecified atom stereocenters. The van der Waals surface area contributed by atoms with Crippen LogP contribution in [0.25, 0.3) is 11.2 Å². The third-order valence-electron chi connectivity index (χ3n) is 8.63. The number of piperidine rings is 1. The molecule has 12 heteroatoms. The van der Waals surface area contributed by atoms with Gasteiger partial charge in [-0.2, -0.15) is 0 Å². The smallest absolute Gasteiger partial charge is 0.407 e. The third kappa shape index (κ3) is 6.11. The van der Waals surface area contributed by atoms with Gasteiger partial charge in [0, 0.05) is 38.5 Å². The molecule has 0 radical (unpaired) electrons. The van der Waals surface area contributed by atoms with Crippen LogP contribution in [0.1, 0.15) is 81.9 Å². The standard InChI is InChI=1S/C31H41N7O5/c1-30(2,3)43-29(41)33-19-31(4)11-14-36(15-12-31)23-18-32-25-26(34-23)38(24-7-5-6-16-42-24)35-27(25)37-13-10-20-17-21(28(39)40)8-9-22(20)37/h8-9,17-18,24H,5-7,10-16,19H2,1-4H3,(H,33,41)(H,39,40). The van der Waals surface area contributed by atoms with E-state index >= 15 is 0 Å². The summed E-state index contributed by atoms with van der Waals surface area (Å²) in [7, 11) is 0. The summed E-state index contributed by atoms with van der Waals surface area (Å²) in [6.07, 6.45) is 6.67. The first-order valence-electron chi connectivity index (χ1n) is 15.2. The second kappa shape index (κ2) is 11.3. The van der Waals surface area contributed by atoms with E-state index < -0.39 is 11.6 Å². The van der Waals surface area contributed by atoms with Crippen LogP contribution in [0.5, 0.6) is 0 Å². The lowest BCUT2D eigenvalue weighted by Gasteiger charge is -2.40. The first kappa shape index (κ1) is 29.2. The number of fused-ring (bicyclic) bond motifs is 2. The number of carbonyl (C=O) groups is 2. The predicted molar refractivity (Wildman–Crippen MR) is 162 cm³/mol. The molecular weight excluding hydrogens is 550 g/mol. The van der Waals surface area contributed by atoms with E-state index in [2.05, 4.69) is 22.0 Å². The van der Waals surface area contributed by atoms with Gasteiger partial charge in [0.2, 0.25) is 0 Å². The zero-order valence-electron chi connectivity index (χ0n) is 25.4. The van der Waals surface area contributed by atoms with E-state index in [1.54, 1.807) is 12.1 Å². The molecule has 1 atom stereocenters. The van der Waals surface area contributed by atoms with Gasteiger partial charge in [-0.25, -0.2) is 24.2 Å². The van der Waals surface area contributed by atoms with Gasteiger partial charge in [0.15, 0.2) is 23.2 Å². The molecule has 12 nitrogen and oxygen atoms in total. The van der Waals surface area contributed by atoms with Crippen molar-refractivity contribution in [2.75, 3.05) is 42.6 Å². The summed E-state index contributed by atoms with van der Waals surface area (Å²) in [6.45, 7) is 11.3. The summed E-state index contributed by atoms with van der Waals surface area (Å²) in [5.74, 6) is 0.580. The van der Waals surface area contributed by atoms with Gasteiger partial charge < -0.3 is 29.7 Å². The Labute approximate surface area is 251 Å². The number of nitrogens with one attached hydrogen (secondary N) is 1. The number of aromatic carboxylic acids is 1. The van der Waals surface area contributed by atoms with Crippen LogP contribution in [0.3, 0.4) is 0 Å². The highest BCUT2D eigenvalue weighted by Gasteiger charge is 2.34. The van der Waals surface area contributed by atoms with Gasteiger partial charge in [-0.1, -0.05) is 6.92 Å². The third-order valence-corrected chi connectivity index (χ3v) is 8.63. The number of nitrogens with zero attached hydrogens (tertiary/aromatic N) is 6. The SMILES string of the molecule is CC1(CNC(=O)OC(C)(C)C)CCN(c2cnc3c(N4CCc5cc(C(=O)O)ccc54)nn(C4CCCCO4)c3n2)CC1. The number of aromatic nitrogens is 4. The topological polar surface area (TPSA) is 135 Å². The van der Waals surface area contributed by atoms with Crippen molar-refractivity contribution < 1.29 is 24.2 Å². The molecule has 2 saturated heterocycles. The molecule has 5 heterocycles. The van der Waals surface area contributed by atoms with E-state index in [9.17, 15) is 14.7 Å². The number of alkyl carbamates (subject to hydrolysis) is 1. The van der Waals surface area contributed by atoms with Crippen LogP contribution in [0, 0.1) is 5.41 Å². The molecule has 1 aromatic carbocycles. The number of hydrogen-bond acceptors (Lipinski definition) is 9. The van der Waals surface area contributed by atoms with E-state index in [1.165, 1.54) is 0 Å². The largest absolute Gasteiger partial charge is 0.478 e. The van der Waals surface area contributed by atoms with Crippen LogP contribution in [0.2, 0.25) is 0 Å². The van der Waals surface area contributed by atoms with Crippen molar-refractivity contribution in [2.45, 2.75) is 78.0 Å². The Morgan fingerprint density at radius 2 is 1.98 bits per heavy atom. The van der Waals surface area contributed by atoms with Gasteiger partial charge in [0.05, 0.1) is 11.8 Å². The van der Waals surface area contributed by atoms with Gasteiger partial charge >= 0.3 is 12.1 Å². The number of rotatable bonds is 6. The fourth-order valence-electron chi connectivity index (χ4n) is 6.14. The minimum atomic E-state index is -0.929. The molecule has 3 aliphatic rings. The Morgan fingerprint density at radius 1 is 1.19 bits per heavy atom. The number of amides is 1. The summed E-state index contributed by atoms with van der Waals surface area (Å²) in [5, 5.41) is 17.4. The van der Waals surface area contributed by atoms with E-state index in [1.807, 2.05) is 37.7 Å². The highest BCUT2D eigenvalue weighted by atomic mass is 16.6. The monoisotopic (exact) mass is 591 g/mol. The summed E-state index contributed by atoms with van der Waals surface area (Å²) in [5.41, 5.74) is 3.05. The normalized spacial score (nSPS) is 20.2. The number of hydrogen-bond donors (Lipinski definition) is 2. The predicted octanol–water partition coefficient (Wildman–Crippen LogP) is 5.05. The average molecular weight is 592 g/mol. The van der Waals surface area contributed by atoms with Crippen molar-refractivity contribution in [2.24, 2.45) is 5.41 Å². The maximum atomic E-state index is 12.2. The summed E-state index contributed by atoms with van der Waals surface area (Å²) in [6, 6.07) is 5.25. The molecule has 0 saturated carbocycles. The summed E-state index contributed by atoms with van der Waals surface area (Å²) >= 11 is 0. The number of anilines is 3. The Morgan fingerprint density at radius 3 is 2.67 bits per heavy atom. The molecule has 2 aromatic heterocycles. The lowest BCUT2D eigenvalue weighted by atomic mass is 9.80. The molecule has 3 aromatic rings. The van der Waals surface area contributed by atoms with Gasteiger partial charge in [-0.05, 0) is 88.5 Å². The highest BCUT2D eigenvalue weighted by molar-refractivity contribution is 5.91. The average Bonchev–Trinajstić information content (AvgIpc) is 3.57. The van der Waals surface area contributed by atoms with Crippen LogP contribution >= 0.6 is 0 Å². The fraction of sp³-hybridized carbons (Fsp3) is 0.581. The fourth-order valence-corrected chi connectivity index (χ4v) is 6.14. The lowest BCUT2D eigenvalue weighted by Crippen LogP contribution is -2.46. The number of carboxylic acid groups (broad SMARTS) is 1. The second-order valence-electron chi connectivity index (χ2n) is 13.2. The van der Waals surface area contributed by atoms with Crippen molar-refractivity contribution in [1.29, 1.82) is 0 Å². The van der Waals surface area contributed by atoms with Gasteiger partial charge in [0.25, 0.3) is 0 Å². The highest BCUT2D eigenvalue weighted by Crippen LogP contribution is 2.39. The first-order chi connectivity index (χ1) is 20.5. The van der Waals surface area contributed by atoms with E-state index in [0.717, 1.165) is 68.7 Å². The van der Waals surface area contributed by atoms with E-state index in [4.69, 9.17) is 24.5 Å². The Kier molecular flexibility index (Phi) is 7.66. The van der Waals surface area contributed by atoms with Crippen LogP contribution in [0.15, 0.2) is 24.4 Å². The molecule has 43 heavy (non-hydrogen) atoms. The molecule has 0 spiro atoms. The Bertz CT molecular complexity index is 1520. The maximum absolute atomic E-state index is 12.2. The van der Waals surface area contributed by atoms with Crippen LogP contribution in [-0.4, -0.2) is 75.3 Å². The van der Waals surface area contributed by atoms with Crippen molar-refractivity contribution in [3.63, 3.8) is 0 Å². The molecule has 2 N–H and O–H groups in total. The molecule has 1 amide bonds. The van der Waals surface area contributed by atoms with Crippen LogP contribution in [0.4, 0.5) is 22.1 Å². The second-order valence-corrected chi connectivity index (χ2v) is 13.2. The van der Waals surface area contributed by atoms with Crippen LogP contribution in [-0.2, 0) is 15.9 Å². The Balaban J connectivity index is 1.24.